The average Bonchev–Trinajstić information content (AvgIpc) is 2.36. The van der Waals surface area contributed by atoms with Crippen LogP contribution in [0.25, 0.3) is 0 Å². The van der Waals surface area contributed by atoms with Crippen LogP contribution in [0.15, 0.2) is 23.1 Å². The van der Waals surface area contributed by atoms with Crippen molar-refractivity contribution < 1.29 is 8.42 Å². The van der Waals surface area contributed by atoms with Gasteiger partial charge in [-0.2, -0.15) is 9.98 Å². The number of terminal acetylenes is 1. The second kappa shape index (κ2) is 5.68. The summed E-state index contributed by atoms with van der Waals surface area (Å²) in [7, 11) is -3.69. The molecule has 0 aliphatic rings. The van der Waals surface area contributed by atoms with E-state index in [4.69, 9.17) is 11.7 Å². The van der Waals surface area contributed by atoms with Crippen LogP contribution in [-0.2, 0) is 10.0 Å². The molecule has 0 saturated carbocycles. The highest BCUT2D eigenvalue weighted by atomic mass is 32.2. The van der Waals surface area contributed by atoms with E-state index in [-0.39, 0.29) is 4.90 Å². The predicted molar refractivity (Wildman–Crippen MR) is 69.1 cm³/mol. The third-order valence-electron chi connectivity index (χ3n) is 2.51. The van der Waals surface area contributed by atoms with Crippen molar-refractivity contribution in [3.63, 3.8) is 0 Å². The van der Waals surface area contributed by atoms with Crippen molar-refractivity contribution in [3.05, 3.63) is 29.3 Å². The predicted octanol–water partition coefficient (Wildman–Crippen LogP) is 1.56. The number of sulfonamides is 1. The van der Waals surface area contributed by atoms with Gasteiger partial charge in [0.25, 0.3) is 0 Å². The van der Waals surface area contributed by atoms with Crippen LogP contribution in [0.2, 0.25) is 0 Å². The Morgan fingerprint density at radius 3 is 2.67 bits per heavy atom. The first-order valence-electron chi connectivity index (χ1n) is 5.43. The van der Waals surface area contributed by atoms with Gasteiger partial charge in [0, 0.05) is 0 Å². The lowest BCUT2D eigenvalue weighted by molar-refractivity contribution is 0.570. The van der Waals surface area contributed by atoms with Gasteiger partial charge in [-0.1, -0.05) is 18.9 Å². The van der Waals surface area contributed by atoms with Gasteiger partial charge in [0.15, 0.2) is 0 Å². The molecule has 4 nitrogen and oxygen atoms in total. The zero-order chi connectivity index (χ0) is 13.8. The van der Waals surface area contributed by atoms with Crippen molar-refractivity contribution in [2.24, 2.45) is 0 Å². The first-order chi connectivity index (χ1) is 8.44. The maximum atomic E-state index is 12.1. The summed E-state index contributed by atoms with van der Waals surface area (Å²) >= 11 is 0. The summed E-state index contributed by atoms with van der Waals surface area (Å²) in [5, 5.41) is 8.80. The fourth-order valence-corrected chi connectivity index (χ4v) is 2.96. The number of rotatable bonds is 4. The van der Waals surface area contributed by atoms with Crippen LogP contribution in [0.4, 0.5) is 0 Å². The summed E-state index contributed by atoms with van der Waals surface area (Å²) in [6, 6.07) is 5.90. The minimum Gasteiger partial charge on any atom is -0.207 e. The largest absolute Gasteiger partial charge is 0.241 e. The Morgan fingerprint density at radius 1 is 1.50 bits per heavy atom. The molecule has 1 aromatic carbocycles. The molecule has 0 bridgehead atoms. The van der Waals surface area contributed by atoms with Crippen molar-refractivity contribution >= 4 is 10.0 Å². The molecular formula is C13H14N2O2S. The molecule has 0 fully saturated rings. The summed E-state index contributed by atoms with van der Waals surface area (Å²) in [6.07, 6.45) is 5.74. The zero-order valence-corrected chi connectivity index (χ0v) is 11.1. The van der Waals surface area contributed by atoms with Gasteiger partial charge in [-0.3, -0.25) is 0 Å². The molecule has 0 radical (unpaired) electrons. The van der Waals surface area contributed by atoms with E-state index in [1.54, 1.807) is 26.0 Å². The standard InChI is InChI=1S/C13H14N2O2S/c1-4-12(5-2)15-18(16,17)13-8-11(9-14)7-6-10(13)3/h1,6-8,12,15H,5H2,2-3H3. The molecule has 1 unspecified atom stereocenters. The number of aryl methyl sites for hydroxylation is 1. The van der Waals surface area contributed by atoms with Gasteiger partial charge in [0.05, 0.1) is 22.6 Å². The highest BCUT2D eigenvalue weighted by molar-refractivity contribution is 7.89. The van der Waals surface area contributed by atoms with Crippen molar-refractivity contribution in [2.75, 3.05) is 0 Å². The van der Waals surface area contributed by atoms with Crippen LogP contribution in [0.3, 0.4) is 0 Å². The lowest BCUT2D eigenvalue weighted by atomic mass is 10.2. The lowest BCUT2D eigenvalue weighted by Crippen LogP contribution is -2.33. The SMILES string of the molecule is C#CC(CC)NS(=O)(=O)c1cc(C#N)ccc1C. The molecule has 0 heterocycles. The van der Waals surface area contributed by atoms with E-state index in [1.165, 1.54) is 6.07 Å². The number of nitrogens with one attached hydrogen (secondary N) is 1. The van der Waals surface area contributed by atoms with E-state index >= 15 is 0 Å². The van der Waals surface area contributed by atoms with Gasteiger partial charge in [0.1, 0.15) is 0 Å². The number of hydrogen-bond acceptors (Lipinski definition) is 3. The highest BCUT2D eigenvalue weighted by Gasteiger charge is 2.20. The average molecular weight is 262 g/mol. The smallest absolute Gasteiger partial charge is 0.207 e. The number of hydrogen-bond donors (Lipinski definition) is 1. The first kappa shape index (κ1) is 14.2. The molecule has 94 valence electrons. The molecule has 1 aromatic rings. The van der Waals surface area contributed by atoms with Gasteiger partial charge in [-0.05, 0) is 31.0 Å². The molecule has 0 spiro atoms. The van der Waals surface area contributed by atoms with Crippen molar-refractivity contribution in [2.45, 2.75) is 31.2 Å². The maximum Gasteiger partial charge on any atom is 0.241 e. The van der Waals surface area contributed by atoms with Gasteiger partial charge in [0.2, 0.25) is 10.0 Å². The molecule has 1 rings (SSSR count). The molecule has 1 N–H and O–H groups in total. The molecule has 5 heteroatoms. The lowest BCUT2D eigenvalue weighted by Gasteiger charge is -2.13. The summed E-state index contributed by atoms with van der Waals surface area (Å²) in [6.45, 7) is 3.47. The van der Waals surface area contributed by atoms with E-state index < -0.39 is 16.1 Å². The zero-order valence-electron chi connectivity index (χ0n) is 10.3. The van der Waals surface area contributed by atoms with E-state index in [9.17, 15) is 8.42 Å². The Labute approximate surface area is 108 Å². The van der Waals surface area contributed by atoms with Gasteiger partial charge in [-0.25, -0.2) is 8.42 Å². The van der Waals surface area contributed by atoms with Crippen molar-refractivity contribution in [1.29, 1.82) is 5.26 Å². The summed E-state index contributed by atoms with van der Waals surface area (Å²) in [5.41, 5.74) is 0.878. The Balaban J connectivity index is 3.21. The third kappa shape index (κ3) is 3.10. The monoisotopic (exact) mass is 262 g/mol. The molecule has 0 aliphatic heterocycles. The van der Waals surface area contributed by atoms with Crippen LogP contribution in [-0.4, -0.2) is 14.5 Å². The van der Waals surface area contributed by atoms with E-state index in [1.807, 2.05) is 6.07 Å². The van der Waals surface area contributed by atoms with Crippen LogP contribution < -0.4 is 4.72 Å². The van der Waals surface area contributed by atoms with Gasteiger partial charge >= 0.3 is 0 Å². The minimum atomic E-state index is -3.69. The van der Waals surface area contributed by atoms with Crippen LogP contribution in [0.5, 0.6) is 0 Å². The van der Waals surface area contributed by atoms with Crippen LogP contribution in [0, 0.1) is 30.6 Å². The molecule has 0 aromatic heterocycles. The van der Waals surface area contributed by atoms with E-state index in [0.29, 0.717) is 17.5 Å². The molecule has 18 heavy (non-hydrogen) atoms. The second-order valence-electron chi connectivity index (χ2n) is 3.84. The summed E-state index contributed by atoms with van der Waals surface area (Å²) in [5.74, 6) is 2.37. The molecular weight excluding hydrogens is 248 g/mol. The Kier molecular flexibility index (Phi) is 4.49. The Bertz CT molecular complexity index is 621. The molecule has 0 amide bonds. The Morgan fingerprint density at radius 2 is 2.17 bits per heavy atom. The first-order valence-corrected chi connectivity index (χ1v) is 6.92. The third-order valence-corrected chi connectivity index (χ3v) is 4.13. The van der Waals surface area contributed by atoms with Gasteiger partial charge < -0.3 is 0 Å². The van der Waals surface area contributed by atoms with E-state index in [0.717, 1.165) is 0 Å². The highest BCUT2D eigenvalue weighted by Crippen LogP contribution is 2.17. The maximum absolute atomic E-state index is 12.1. The van der Waals surface area contributed by atoms with Crippen molar-refractivity contribution in [1.82, 2.24) is 4.72 Å². The quantitative estimate of drug-likeness (QED) is 0.837. The van der Waals surface area contributed by atoms with Gasteiger partial charge in [-0.15, -0.1) is 6.42 Å². The molecule has 1 atom stereocenters. The Hall–Kier alpha value is -1.82. The normalized spacial score (nSPS) is 12.4. The summed E-state index contributed by atoms with van der Waals surface area (Å²) < 4.78 is 26.7. The van der Waals surface area contributed by atoms with Crippen LogP contribution >= 0.6 is 0 Å². The number of benzene rings is 1. The number of nitriles is 1. The second-order valence-corrected chi connectivity index (χ2v) is 5.52. The van der Waals surface area contributed by atoms with E-state index in [2.05, 4.69) is 10.6 Å². The number of nitrogens with zero attached hydrogens (tertiary/aromatic N) is 1. The van der Waals surface area contributed by atoms with Crippen molar-refractivity contribution in [3.8, 4) is 18.4 Å². The minimum absolute atomic E-state index is 0.0928. The molecule has 0 saturated heterocycles. The summed E-state index contributed by atoms with van der Waals surface area (Å²) in [4.78, 5) is 0.0928. The fourth-order valence-electron chi connectivity index (χ4n) is 1.45. The molecule has 0 aliphatic carbocycles. The van der Waals surface area contributed by atoms with Crippen LogP contribution in [0.1, 0.15) is 24.5 Å². The fraction of sp³-hybridized carbons (Fsp3) is 0.308. The topological polar surface area (TPSA) is 70.0 Å².